The molecular formula is C21H23BN6O3. The molecule has 1 aliphatic rings. The monoisotopic (exact) mass is 418 g/mol. The van der Waals surface area contributed by atoms with Crippen LogP contribution in [0.3, 0.4) is 0 Å². The predicted octanol–water partition coefficient (Wildman–Crippen LogP) is 1.80. The van der Waals surface area contributed by atoms with Gasteiger partial charge in [-0.3, -0.25) is 4.90 Å². The lowest BCUT2D eigenvalue weighted by Crippen LogP contribution is -2.33. The van der Waals surface area contributed by atoms with Gasteiger partial charge in [-0.25, -0.2) is 15.0 Å². The number of piperidine rings is 1. The van der Waals surface area contributed by atoms with E-state index in [1.54, 1.807) is 30.5 Å². The summed E-state index contributed by atoms with van der Waals surface area (Å²) in [6.45, 7) is 3.32. The van der Waals surface area contributed by atoms with Gasteiger partial charge in [-0.2, -0.15) is 5.26 Å². The van der Waals surface area contributed by atoms with Gasteiger partial charge in [-0.1, -0.05) is 6.42 Å². The Morgan fingerprint density at radius 1 is 1.26 bits per heavy atom. The third kappa shape index (κ3) is 5.09. The molecule has 0 aromatic carbocycles. The number of hydrogen-bond donors (Lipinski definition) is 3. The van der Waals surface area contributed by atoms with E-state index in [1.165, 1.54) is 0 Å². The number of rotatable bonds is 6. The molecule has 0 spiro atoms. The molecule has 0 radical (unpaired) electrons. The first-order valence-electron chi connectivity index (χ1n) is 10.2. The lowest BCUT2D eigenvalue weighted by Gasteiger charge is -2.35. The van der Waals surface area contributed by atoms with E-state index < -0.39 is 7.12 Å². The van der Waals surface area contributed by atoms with Crippen LogP contribution in [0.4, 0.5) is 11.5 Å². The second kappa shape index (κ2) is 9.26. The van der Waals surface area contributed by atoms with Crippen LogP contribution in [0.2, 0.25) is 0 Å². The molecule has 4 heterocycles. The maximum absolute atomic E-state index is 9.29. The maximum Gasteiger partial charge on any atom is 0.526 e. The van der Waals surface area contributed by atoms with E-state index in [0.717, 1.165) is 37.2 Å². The Morgan fingerprint density at radius 3 is 2.84 bits per heavy atom. The lowest BCUT2D eigenvalue weighted by atomic mass is 9.88. The van der Waals surface area contributed by atoms with Crippen molar-refractivity contribution < 1.29 is 14.5 Å². The van der Waals surface area contributed by atoms with E-state index in [4.69, 9.17) is 9.68 Å². The number of nitrogens with zero attached hydrogens (tertiary/aromatic N) is 5. The van der Waals surface area contributed by atoms with Crippen molar-refractivity contribution in [3.63, 3.8) is 0 Å². The predicted molar refractivity (Wildman–Crippen MR) is 115 cm³/mol. The van der Waals surface area contributed by atoms with Gasteiger partial charge in [-0.15, -0.1) is 0 Å². The topological polar surface area (TPSA) is 131 Å². The van der Waals surface area contributed by atoms with E-state index in [2.05, 4.69) is 25.2 Å². The molecule has 3 aromatic heterocycles. The van der Waals surface area contributed by atoms with E-state index >= 15 is 0 Å². The van der Waals surface area contributed by atoms with Crippen molar-refractivity contribution in [3.8, 4) is 6.07 Å². The first kappa shape index (κ1) is 21.0. The minimum atomic E-state index is -1.61. The Labute approximate surface area is 180 Å². The van der Waals surface area contributed by atoms with Crippen LogP contribution in [0.25, 0.3) is 0 Å². The van der Waals surface area contributed by atoms with Crippen LogP contribution in [-0.4, -0.2) is 43.6 Å². The van der Waals surface area contributed by atoms with Crippen LogP contribution >= 0.6 is 0 Å². The summed E-state index contributed by atoms with van der Waals surface area (Å²) in [6, 6.07) is 10.9. The quantitative estimate of drug-likeness (QED) is 0.513. The second-order valence-electron chi connectivity index (χ2n) is 7.55. The van der Waals surface area contributed by atoms with Crippen LogP contribution in [0, 0.1) is 18.3 Å². The molecule has 1 aliphatic heterocycles. The zero-order valence-corrected chi connectivity index (χ0v) is 17.2. The Morgan fingerprint density at radius 2 is 2.13 bits per heavy atom. The number of likely N-dealkylation sites (tertiary alicyclic amines) is 1. The van der Waals surface area contributed by atoms with Gasteiger partial charge in [0.1, 0.15) is 34.8 Å². The Kier molecular flexibility index (Phi) is 6.27. The van der Waals surface area contributed by atoms with Crippen molar-refractivity contribution in [1.29, 1.82) is 5.26 Å². The molecule has 3 N–H and O–H groups in total. The van der Waals surface area contributed by atoms with E-state index in [1.807, 2.05) is 19.1 Å². The summed E-state index contributed by atoms with van der Waals surface area (Å²) >= 11 is 0. The number of nitrogens with one attached hydrogen (secondary N) is 1. The Bertz CT molecular complexity index is 1080. The Hall–Kier alpha value is -3.26. The summed E-state index contributed by atoms with van der Waals surface area (Å²) in [4.78, 5) is 15.6. The van der Waals surface area contributed by atoms with Gasteiger partial charge in [-0.05, 0) is 50.6 Å². The van der Waals surface area contributed by atoms with E-state index in [9.17, 15) is 10.0 Å². The van der Waals surface area contributed by atoms with Crippen molar-refractivity contribution in [3.05, 3.63) is 59.5 Å². The molecule has 4 rings (SSSR count). The minimum Gasteiger partial charge on any atom is -0.468 e. The van der Waals surface area contributed by atoms with Crippen LogP contribution in [0.15, 0.2) is 40.9 Å². The third-order valence-corrected chi connectivity index (χ3v) is 5.26. The summed E-state index contributed by atoms with van der Waals surface area (Å²) in [5.41, 5.74) is 2.17. The SMILES string of the molecule is Cc1nc(Nc2ccc(C#N)nc2)cc(C2CCCCN2Cc2ccc(B(O)O)o2)n1. The smallest absolute Gasteiger partial charge is 0.468 e. The van der Waals surface area contributed by atoms with Crippen molar-refractivity contribution >= 4 is 24.3 Å². The highest BCUT2D eigenvalue weighted by Gasteiger charge is 2.27. The van der Waals surface area contributed by atoms with Crippen LogP contribution in [-0.2, 0) is 6.54 Å². The third-order valence-electron chi connectivity index (χ3n) is 5.26. The molecule has 1 unspecified atom stereocenters. The van der Waals surface area contributed by atoms with Gasteiger partial charge in [0.2, 0.25) is 0 Å². The zero-order valence-electron chi connectivity index (χ0n) is 17.2. The molecule has 158 valence electrons. The molecule has 0 saturated carbocycles. The van der Waals surface area contributed by atoms with Crippen molar-refractivity contribution in [2.45, 2.75) is 38.8 Å². The molecule has 1 saturated heterocycles. The normalized spacial score (nSPS) is 16.6. The summed E-state index contributed by atoms with van der Waals surface area (Å²) in [5.74, 6) is 2.02. The highest BCUT2D eigenvalue weighted by molar-refractivity contribution is 6.56. The second-order valence-corrected chi connectivity index (χ2v) is 7.55. The maximum atomic E-state index is 9.29. The molecule has 1 atom stereocenters. The summed E-state index contributed by atoms with van der Waals surface area (Å²) in [7, 11) is -1.61. The van der Waals surface area contributed by atoms with Crippen molar-refractivity contribution in [2.75, 3.05) is 11.9 Å². The molecule has 0 amide bonds. The summed E-state index contributed by atoms with van der Waals surface area (Å²) in [6.07, 6.45) is 4.75. The van der Waals surface area contributed by atoms with Gasteiger partial charge in [0, 0.05) is 6.07 Å². The Balaban J connectivity index is 1.54. The molecule has 31 heavy (non-hydrogen) atoms. The summed E-state index contributed by atoms with van der Waals surface area (Å²) in [5, 5.41) is 30.7. The number of hydrogen-bond acceptors (Lipinski definition) is 9. The minimum absolute atomic E-state index is 0.0997. The van der Waals surface area contributed by atoms with Crippen LogP contribution < -0.4 is 11.0 Å². The molecule has 0 bridgehead atoms. The fraction of sp³-hybridized carbons (Fsp3) is 0.333. The van der Waals surface area contributed by atoms with E-state index in [-0.39, 0.29) is 11.7 Å². The van der Waals surface area contributed by atoms with Crippen LogP contribution in [0.5, 0.6) is 0 Å². The highest BCUT2D eigenvalue weighted by Crippen LogP contribution is 2.32. The van der Waals surface area contributed by atoms with Crippen molar-refractivity contribution in [1.82, 2.24) is 19.9 Å². The molecule has 3 aromatic rings. The first-order valence-corrected chi connectivity index (χ1v) is 10.2. The number of anilines is 2. The largest absolute Gasteiger partial charge is 0.526 e. The van der Waals surface area contributed by atoms with Gasteiger partial charge in [0.05, 0.1) is 30.2 Å². The number of furan rings is 1. The molecule has 1 fully saturated rings. The summed E-state index contributed by atoms with van der Waals surface area (Å²) < 4.78 is 5.56. The number of aromatic nitrogens is 3. The average molecular weight is 418 g/mol. The van der Waals surface area contributed by atoms with Crippen LogP contribution in [0.1, 0.15) is 48.3 Å². The standard InChI is InChI=1S/C21H23BN6O3/c1-14-25-18(10-21(26-14)27-16-6-5-15(11-23)24-12-16)19-4-2-3-9-28(19)13-17-7-8-20(31-17)22(29)30/h5-8,10,12,19,29-30H,2-4,9,13H2,1H3,(H,25,26,27). The van der Waals surface area contributed by atoms with Crippen molar-refractivity contribution in [2.24, 2.45) is 0 Å². The average Bonchev–Trinajstić information content (AvgIpc) is 3.23. The highest BCUT2D eigenvalue weighted by atomic mass is 16.4. The van der Waals surface area contributed by atoms with Gasteiger partial charge >= 0.3 is 7.12 Å². The molecule has 9 nitrogen and oxygen atoms in total. The van der Waals surface area contributed by atoms with Gasteiger partial charge in [0.25, 0.3) is 0 Å². The molecule has 0 aliphatic carbocycles. The molecular weight excluding hydrogens is 395 g/mol. The van der Waals surface area contributed by atoms with Gasteiger partial charge < -0.3 is 19.8 Å². The fourth-order valence-electron chi connectivity index (χ4n) is 3.84. The van der Waals surface area contributed by atoms with E-state index in [0.29, 0.717) is 29.6 Å². The number of aryl methyl sites for hydroxylation is 1. The fourth-order valence-corrected chi connectivity index (χ4v) is 3.84. The number of nitriles is 1. The first-order chi connectivity index (χ1) is 15.0. The number of pyridine rings is 1. The zero-order chi connectivity index (χ0) is 21.8. The lowest BCUT2D eigenvalue weighted by molar-refractivity contribution is 0.127. The molecule has 10 heteroatoms. The van der Waals surface area contributed by atoms with Gasteiger partial charge in [0.15, 0.2) is 0 Å².